The van der Waals surface area contributed by atoms with Crippen LogP contribution in [0.25, 0.3) is 0 Å². The zero-order valence-corrected chi connectivity index (χ0v) is 8.57. The number of benzene rings is 1. The van der Waals surface area contributed by atoms with Gasteiger partial charge >= 0.3 is 5.97 Å². The van der Waals surface area contributed by atoms with Gasteiger partial charge in [0.15, 0.2) is 0 Å². The van der Waals surface area contributed by atoms with E-state index in [4.69, 9.17) is 9.84 Å². The van der Waals surface area contributed by atoms with Crippen LogP contribution in [0.1, 0.15) is 16.8 Å². The standard InChI is InChI=1S/C11H12FNO3/c12-8-2-1-3-9(10(8)11(14)15)16-7-4-5-13-6-7/h1-3,7,13H,4-6H2,(H,14,15). The van der Waals surface area contributed by atoms with Gasteiger partial charge in [0.2, 0.25) is 0 Å². The van der Waals surface area contributed by atoms with Gasteiger partial charge in [0.1, 0.15) is 23.2 Å². The zero-order chi connectivity index (χ0) is 11.5. The third kappa shape index (κ3) is 2.14. The first kappa shape index (κ1) is 10.9. The molecule has 0 bridgehead atoms. The van der Waals surface area contributed by atoms with Crippen molar-refractivity contribution in [3.63, 3.8) is 0 Å². The minimum Gasteiger partial charge on any atom is -0.488 e. The van der Waals surface area contributed by atoms with Crippen LogP contribution in [0, 0.1) is 5.82 Å². The molecule has 0 amide bonds. The Balaban J connectivity index is 2.25. The Morgan fingerprint density at radius 1 is 1.56 bits per heavy atom. The molecule has 4 nitrogen and oxygen atoms in total. The van der Waals surface area contributed by atoms with Gasteiger partial charge in [0, 0.05) is 6.54 Å². The number of ether oxygens (including phenoxy) is 1. The highest BCUT2D eigenvalue weighted by molar-refractivity contribution is 5.91. The monoisotopic (exact) mass is 225 g/mol. The van der Waals surface area contributed by atoms with Crippen molar-refractivity contribution < 1.29 is 19.0 Å². The van der Waals surface area contributed by atoms with E-state index in [1.165, 1.54) is 12.1 Å². The summed E-state index contributed by atoms with van der Waals surface area (Å²) in [6.45, 7) is 1.50. The van der Waals surface area contributed by atoms with Crippen molar-refractivity contribution in [3.05, 3.63) is 29.6 Å². The van der Waals surface area contributed by atoms with E-state index in [0.29, 0.717) is 6.54 Å². The SMILES string of the molecule is O=C(O)c1c(F)cccc1OC1CCNC1. The Morgan fingerprint density at radius 2 is 2.38 bits per heavy atom. The third-order valence-corrected chi connectivity index (χ3v) is 2.50. The van der Waals surface area contributed by atoms with Crippen molar-refractivity contribution in [2.24, 2.45) is 0 Å². The summed E-state index contributed by atoms with van der Waals surface area (Å²) >= 11 is 0. The molecule has 0 aliphatic carbocycles. The van der Waals surface area contributed by atoms with Gasteiger partial charge in [-0.2, -0.15) is 0 Å². The van der Waals surface area contributed by atoms with E-state index in [2.05, 4.69) is 5.32 Å². The highest BCUT2D eigenvalue weighted by Crippen LogP contribution is 2.23. The van der Waals surface area contributed by atoms with Crippen LogP contribution in [0.2, 0.25) is 0 Å². The van der Waals surface area contributed by atoms with Crippen LogP contribution in [-0.2, 0) is 0 Å². The van der Waals surface area contributed by atoms with Crippen LogP contribution in [0.4, 0.5) is 4.39 Å². The average molecular weight is 225 g/mol. The summed E-state index contributed by atoms with van der Waals surface area (Å²) in [7, 11) is 0. The average Bonchev–Trinajstić information content (AvgIpc) is 2.70. The summed E-state index contributed by atoms with van der Waals surface area (Å²) in [6.07, 6.45) is 0.718. The van der Waals surface area contributed by atoms with Crippen molar-refractivity contribution in [2.45, 2.75) is 12.5 Å². The number of hydrogen-bond donors (Lipinski definition) is 2. The van der Waals surface area contributed by atoms with Crippen molar-refractivity contribution in [3.8, 4) is 5.75 Å². The van der Waals surface area contributed by atoms with Gasteiger partial charge < -0.3 is 15.2 Å². The molecule has 1 aromatic carbocycles. The molecule has 0 saturated carbocycles. The predicted molar refractivity (Wildman–Crippen MR) is 55.3 cm³/mol. The summed E-state index contributed by atoms with van der Waals surface area (Å²) in [5, 5.41) is 12.0. The van der Waals surface area contributed by atoms with E-state index in [-0.39, 0.29) is 11.9 Å². The molecule has 16 heavy (non-hydrogen) atoms. The lowest BCUT2D eigenvalue weighted by atomic mass is 10.2. The summed E-state index contributed by atoms with van der Waals surface area (Å²) < 4.78 is 18.8. The Morgan fingerprint density at radius 3 is 3.00 bits per heavy atom. The topological polar surface area (TPSA) is 58.6 Å². The lowest BCUT2D eigenvalue weighted by Crippen LogP contribution is -2.21. The Hall–Kier alpha value is -1.62. The molecule has 1 heterocycles. The molecule has 1 unspecified atom stereocenters. The molecule has 1 aromatic rings. The van der Waals surface area contributed by atoms with E-state index in [9.17, 15) is 9.18 Å². The second kappa shape index (κ2) is 4.49. The third-order valence-electron chi connectivity index (χ3n) is 2.50. The fraction of sp³-hybridized carbons (Fsp3) is 0.364. The molecule has 0 spiro atoms. The fourth-order valence-corrected chi connectivity index (χ4v) is 1.72. The van der Waals surface area contributed by atoms with E-state index in [1.807, 2.05) is 0 Å². The second-order valence-corrected chi connectivity index (χ2v) is 3.65. The van der Waals surface area contributed by atoms with Gasteiger partial charge in [0.25, 0.3) is 0 Å². The quantitative estimate of drug-likeness (QED) is 0.813. The van der Waals surface area contributed by atoms with Crippen LogP contribution in [-0.4, -0.2) is 30.3 Å². The Bertz CT molecular complexity index is 402. The highest BCUT2D eigenvalue weighted by Gasteiger charge is 2.21. The summed E-state index contributed by atoms with van der Waals surface area (Å²) in [6, 6.07) is 4.04. The first-order chi connectivity index (χ1) is 7.68. The van der Waals surface area contributed by atoms with Crippen molar-refractivity contribution in [1.29, 1.82) is 0 Å². The first-order valence-electron chi connectivity index (χ1n) is 5.07. The van der Waals surface area contributed by atoms with Gasteiger partial charge in [-0.15, -0.1) is 0 Å². The normalized spacial score (nSPS) is 19.7. The summed E-state index contributed by atoms with van der Waals surface area (Å²) in [4.78, 5) is 10.9. The molecule has 86 valence electrons. The van der Waals surface area contributed by atoms with Gasteiger partial charge in [-0.25, -0.2) is 9.18 Å². The summed E-state index contributed by atoms with van der Waals surface area (Å²) in [5.41, 5.74) is -0.394. The number of aromatic carboxylic acids is 1. The number of hydrogen-bond acceptors (Lipinski definition) is 3. The van der Waals surface area contributed by atoms with Gasteiger partial charge in [-0.1, -0.05) is 6.07 Å². The number of carboxylic acid groups (broad SMARTS) is 1. The molecule has 2 N–H and O–H groups in total. The largest absolute Gasteiger partial charge is 0.488 e. The molecule has 1 fully saturated rings. The van der Waals surface area contributed by atoms with Crippen LogP contribution < -0.4 is 10.1 Å². The predicted octanol–water partition coefficient (Wildman–Crippen LogP) is 1.26. The van der Waals surface area contributed by atoms with Gasteiger partial charge in [-0.05, 0) is 25.1 Å². The lowest BCUT2D eigenvalue weighted by molar-refractivity contribution is 0.0684. The lowest BCUT2D eigenvalue weighted by Gasteiger charge is -2.14. The molecule has 1 atom stereocenters. The van der Waals surface area contributed by atoms with Crippen LogP contribution in [0.5, 0.6) is 5.75 Å². The Kier molecular flexibility index (Phi) is 3.05. The number of rotatable bonds is 3. The smallest absolute Gasteiger partial charge is 0.342 e. The number of nitrogens with one attached hydrogen (secondary N) is 1. The van der Waals surface area contributed by atoms with Crippen LogP contribution in [0.15, 0.2) is 18.2 Å². The minimum atomic E-state index is -1.31. The molecule has 0 aromatic heterocycles. The number of carboxylic acids is 1. The molecule has 5 heteroatoms. The van der Waals surface area contributed by atoms with E-state index < -0.39 is 17.3 Å². The van der Waals surface area contributed by atoms with Crippen molar-refractivity contribution in [2.75, 3.05) is 13.1 Å². The minimum absolute atomic E-state index is 0.0834. The number of carbonyl (C=O) groups is 1. The second-order valence-electron chi connectivity index (χ2n) is 3.65. The molecular formula is C11H12FNO3. The van der Waals surface area contributed by atoms with Gasteiger partial charge in [-0.3, -0.25) is 0 Å². The molecule has 1 saturated heterocycles. The maximum Gasteiger partial charge on any atom is 0.342 e. The maximum atomic E-state index is 13.3. The first-order valence-corrected chi connectivity index (χ1v) is 5.07. The number of halogens is 1. The molecule has 2 rings (SSSR count). The molecule has 0 radical (unpaired) electrons. The van der Waals surface area contributed by atoms with Gasteiger partial charge in [0.05, 0.1) is 0 Å². The van der Waals surface area contributed by atoms with Crippen molar-refractivity contribution in [1.82, 2.24) is 5.32 Å². The molecular weight excluding hydrogens is 213 g/mol. The van der Waals surface area contributed by atoms with E-state index in [0.717, 1.165) is 19.0 Å². The fourth-order valence-electron chi connectivity index (χ4n) is 1.72. The van der Waals surface area contributed by atoms with Crippen LogP contribution in [0.3, 0.4) is 0 Å². The van der Waals surface area contributed by atoms with E-state index in [1.54, 1.807) is 0 Å². The summed E-state index contributed by atoms with van der Waals surface area (Å²) in [5.74, 6) is -1.98. The maximum absolute atomic E-state index is 13.3. The molecule has 1 aliphatic rings. The van der Waals surface area contributed by atoms with Crippen molar-refractivity contribution >= 4 is 5.97 Å². The van der Waals surface area contributed by atoms with E-state index >= 15 is 0 Å². The van der Waals surface area contributed by atoms with Crippen LogP contribution >= 0.6 is 0 Å². The zero-order valence-electron chi connectivity index (χ0n) is 8.57. The highest BCUT2D eigenvalue weighted by atomic mass is 19.1. The Labute approximate surface area is 92.0 Å². The molecule has 1 aliphatic heterocycles.